The average molecular weight is 364 g/mol. The molecule has 1 saturated heterocycles. The first-order valence-electron chi connectivity index (χ1n) is 7.07. The molecule has 0 atom stereocenters. The Morgan fingerprint density at radius 2 is 1.96 bits per heavy atom. The summed E-state index contributed by atoms with van der Waals surface area (Å²) < 4.78 is 30.7. The molecule has 2 heterocycles. The van der Waals surface area contributed by atoms with E-state index in [4.69, 9.17) is 16.0 Å². The molecule has 2 amide bonds. The van der Waals surface area contributed by atoms with Gasteiger partial charge in [0.05, 0.1) is 12.0 Å². The van der Waals surface area contributed by atoms with Crippen LogP contribution in [0.15, 0.2) is 22.8 Å². The number of hydrogen-bond donors (Lipinski definition) is 1. The number of amides is 2. The molecule has 10 heteroatoms. The minimum Gasteiger partial charge on any atom is -0.459 e. The summed E-state index contributed by atoms with van der Waals surface area (Å²) in [5.74, 6) is -0.808. The number of halogens is 1. The van der Waals surface area contributed by atoms with Crippen LogP contribution in [0.4, 0.5) is 0 Å². The molecule has 0 saturated carbocycles. The van der Waals surface area contributed by atoms with Crippen molar-refractivity contribution in [3.05, 3.63) is 24.2 Å². The van der Waals surface area contributed by atoms with Gasteiger partial charge in [-0.15, -0.1) is 11.6 Å². The summed E-state index contributed by atoms with van der Waals surface area (Å²) in [6, 6.07) is 3.20. The van der Waals surface area contributed by atoms with Crippen molar-refractivity contribution in [3.8, 4) is 0 Å². The molecule has 0 radical (unpaired) electrons. The minimum atomic E-state index is -3.48. The van der Waals surface area contributed by atoms with E-state index < -0.39 is 15.9 Å². The maximum absolute atomic E-state index is 12.2. The van der Waals surface area contributed by atoms with Gasteiger partial charge in [-0.2, -0.15) is 4.31 Å². The van der Waals surface area contributed by atoms with Gasteiger partial charge in [-0.05, 0) is 12.1 Å². The van der Waals surface area contributed by atoms with Crippen LogP contribution in [0.3, 0.4) is 0 Å². The molecule has 0 unspecified atom stereocenters. The lowest BCUT2D eigenvalue weighted by Crippen LogP contribution is -2.51. The molecule has 128 valence electrons. The average Bonchev–Trinajstić information content (AvgIpc) is 3.08. The van der Waals surface area contributed by atoms with Crippen molar-refractivity contribution >= 4 is 33.4 Å². The van der Waals surface area contributed by atoms with E-state index in [1.54, 1.807) is 17.0 Å². The molecule has 0 spiro atoms. The molecule has 0 aromatic carbocycles. The Hall–Kier alpha value is -1.58. The van der Waals surface area contributed by atoms with Crippen molar-refractivity contribution in [2.24, 2.45) is 0 Å². The molecule has 0 bridgehead atoms. The molecule has 1 aliphatic rings. The van der Waals surface area contributed by atoms with E-state index in [0.29, 0.717) is 13.1 Å². The third-order valence-corrected chi connectivity index (χ3v) is 5.57. The maximum atomic E-state index is 12.2. The number of nitrogens with zero attached hydrogens (tertiary/aromatic N) is 2. The summed E-state index contributed by atoms with van der Waals surface area (Å²) in [6.45, 7) is 1.05. The van der Waals surface area contributed by atoms with Crippen molar-refractivity contribution in [3.63, 3.8) is 0 Å². The number of carbonyl (C=O) groups is 2. The predicted molar refractivity (Wildman–Crippen MR) is 83.7 cm³/mol. The van der Waals surface area contributed by atoms with Gasteiger partial charge in [-0.25, -0.2) is 8.42 Å². The Labute approximate surface area is 139 Å². The molecule has 1 aliphatic heterocycles. The van der Waals surface area contributed by atoms with Gasteiger partial charge in [0.2, 0.25) is 15.9 Å². The second-order valence-electron chi connectivity index (χ2n) is 4.97. The first-order chi connectivity index (χ1) is 10.9. The van der Waals surface area contributed by atoms with E-state index in [0.717, 1.165) is 0 Å². The van der Waals surface area contributed by atoms with E-state index in [1.165, 1.54) is 10.6 Å². The Bertz CT molecular complexity index is 639. The Morgan fingerprint density at radius 3 is 2.52 bits per heavy atom. The first-order valence-corrected chi connectivity index (χ1v) is 9.21. The molecule has 0 aliphatic carbocycles. The van der Waals surface area contributed by atoms with Crippen LogP contribution < -0.4 is 5.32 Å². The van der Waals surface area contributed by atoms with Crippen LogP contribution in [0, 0.1) is 0 Å². The minimum absolute atomic E-state index is 0.0133. The fraction of sp³-hybridized carbons (Fsp3) is 0.538. The second-order valence-corrected chi connectivity index (χ2v) is 7.32. The van der Waals surface area contributed by atoms with Crippen LogP contribution in [-0.2, 0) is 14.8 Å². The highest BCUT2D eigenvalue weighted by atomic mass is 35.5. The third-order valence-electron chi connectivity index (χ3n) is 3.45. The summed E-state index contributed by atoms with van der Waals surface area (Å²) in [5, 5.41) is 2.42. The summed E-state index contributed by atoms with van der Waals surface area (Å²) in [6.07, 6.45) is 1.42. The van der Waals surface area contributed by atoms with E-state index in [1.807, 2.05) is 0 Å². The summed E-state index contributed by atoms with van der Waals surface area (Å²) in [4.78, 5) is 24.7. The summed E-state index contributed by atoms with van der Waals surface area (Å²) >= 11 is 5.32. The lowest BCUT2D eigenvalue weighted by atomic mass is 10.3. The zero-order chi connectivity index (χ0) is 16.9. The van der Waals surface area contributed by atoms with Gasteiger partial charge >= 0.3 is 0 Å². The normalized spacial score (nSPS) is 16.3. The van der Waals surface area contributed by atoms with Gasteiger partial charge < -0.3 is 14.6 Å². The lowest BCUT2D eigenvalue weighted by Gasteiger charge is -2.33. The van der Waals surface area contributed by atoms with Crippen LogP contribution in [0.5, 0.6) is 0 Å². The summed E-state index contributed by atoms with van der Waals surface area (Å²) in [7, 11) is -3.48. The largest absolute Gasteiger partial charge is 0.459 e. The molecular weight excluding hydrogens is 346 g/mol. The number of alkyl halides is 1. The molecule has 1 aromatic heterocycles. The third kappa shape index (κ3) is 4.69. The number of furan rings is 1. The molecule has 2 rings (SSSR count). The number of hydrogen-bond acceptors (Lipinski definition) is 5. The van der Waals surface area contributed by atoms with Crippen LogP contribution in [-0.4, -0.2) is 73.8 Å². The zero-order valence-corrected chi connectivity index (χ0v) is 14.0. The maximum Gasteiger partial charge on any atom is 0.289 e. The van der Waals surface area contributed by atoms with Gasteiger partial charge in [0, 0.05) is 32.7 Å². The van der Waals surface area contributed by atoms with Crippen molar-refractivity contribution in [1.82, 2.24) is 14.5 Å². The van der Waals surface area contributed by atoms with Crippen molar-refractivity contribution < 1.29 is 22.4 Å². The molecular formula is C13H18ClN3O5S. The van der Waals surface area contributed by atoms with E-state index >= 15 is 0 Å². The smallest absolute Gasteiger partial charge is 0.289 e. The number of carbonyl (C=O) groups excluding carboxylic acids is 2. The Kier molecular flexibility index (Phi) is 6.03. The zero-order valence-electron chi connectivity index (χ0n) is 12.4. The predicted octanol–water partition coefficient (Wildman–Crippen LogP) is -0.278. The van der Waals surface area contributed by atoms with E-state index in [-0.39, 0.29) is 42.9 Å². The number of nitrogens with one attached hydrogen (secondary N) is 1. The van der Waals surface area contributed by atoms with Crippen LogP contribution >= 0.6 is 11.6 Å². The summed E-state index contributed by atoms with van der Waals surface area (Å²) in [5.41, 5.74) is 0. The van der Waals surface area contributed by atoms with E-state index in [2.05, 4.69) is 5.32 Å². The van der Waals surface area contributed by atoms with Crippen LogP contribution in [0.2, 0.25) is 0 Å². The van der Waals surface area contributed by atoms with Gasteiger partial charge in [0.25, 0.3) is 5.91 Å². The second kappa shape index (κ2) is 7.80. The number of sulfonamides is 1. The number of rotatable bonds is 6. The monoisotopic (exact) mass is 363 g/mol. The molecule has 1 fully saturated rings. The van der Waals surface area contributed by atoms with Crippen molar-refractivity contribution in [1.29, 1.82) is 0 Å². The quantitative estimate of drug-likeness (QED) is 0.701. The van der Waals surface area contributed by atoms with Gasteiger partial charge in [-0.3, -0.25) is 9.59 Å². The molecule has 1 N–H and O–H groups in total. The molecule has 23 heavy (non-hydrogen) atoms. The van der Waals surface area contributed by atoms with Crippen molar-refractivity contribution in [2.75, 3.05) is 44.4 Å². The van der Waals surface area contributed by atoms with Gasteiger partial charge in [-0.1, -0.05) is 0 Å². The van der Waals surface area contributed by atoms with Crippen LogP contribution in [0.1, 0.15) is 10.6 Å². The fourth-order valence-electron chi connectivity index (χ4n) is 2.22. The van der Waals surface area contributed by atoms with Crippen molar-refractivity contribution in [2.45, 2.75) is 0 Å². The highest BCUT2D eigenvalue weighted by Gasteiger charge is 2.29. The lowest BCUT2D eigenvalue weighted by molar-refractivity contribution is -0.118. The SMILES string of the molecule is O=C(CCl)NCCS(=O)(=O)N1CCN(C(=O)c2ccco2)CC1. The molecule has 1 aromatic rings. The first kappa shape index (κ1) is 17.8. The van der Waals surface area contributed by atoms with E-state index in [9.17, 15) is 18.0 Å². The van der Waals surface area contributed by atoms with Gasteiger partial charge in [0.1, 0.15) is 5.88 Å². The molecule has 8 nitrogen and oxygen atoms in total. The van der Waals surface area contributed by atoms with Gasteiger partial charge in [0.15, 0.2) is 5.76 Å². The number of piperazine rings is 1. The van der Waals surface area contributed by atoms with Crippen LogP contribution in [0.25, 0.3) is 0 Å². The Balaban J connectivity index is 1.83. The standard InChI is InChI=1S/C13H18ClN3O5S/c14-10-12(18)15-3-9-23(20,21)17-6-4-16(5-7-17)13(19)11-2-1-8-22-11/h1-2,8H,3-7,9-10H2,(H,15,18). The highest BCUT2D eigenvalue weighted by molar-refractivity contribution is 7.89. The fourth-order valence-corrected chi connectivity index (χ4v) is 3.65. The topological polar surface area (TPSA) is 99.9 Å². The Morgan fingerprint density at radius 1 is 1.26 bits per heavy atom. The highest BCUT2D eigenvalue weighted by Crippen LogP contribution is 2.12.